The molecule has 0 saturated heterocycles. The Balaban J connectivity index is 1.95. The van der Waals surface area contributed by atoms with Crippen molar-refractivity contribution in [3.63, 3.8) is 0 Å². The van der Waals surface area contributed by atoms with Crippen molar-refractivity contribution in [1.29, 1.82) is 5.26 Å². The van der Waals surface area contributed by atoms with Gasteiger partial charge in [-0.2, -0.15) is 5.26 Å². The van der Waals surface area contributed by atoms with Gasteiger partial charge in [-0.05, 0) is 29.3 Å². The van der Waals surface area contributed by atoms with Gasteiger partial charge in [-0.25, -0.2) is 17.5 Å². The highest BCUT2D eigenvalue weighted by molar-refractivity contribution is 7.89. The van der Waals surface area contributed by atoms with E-state index in [1.807, 2.05) is 12.1 Å². The van der Waals surface area contributed by atoms with E-state index >= 15 is 0 Å². The first-order chi connectivity index (χ1) is 10.9. The van der Waals surface area contributed by atoms with Gasteiger partial charge in [0.2, 0.25) is 10.0 Å². The lowest BCUT2D eigenvalue weighted by atomic mass is 10.1. The average molecular weight is 332 g/mol. The van der Waals surface area contributed by atoms with Gasteiger partial charge in [-0.1, -0.05) is 24.3 Å². The summed E-state index contributed by atoms with van der Waals surface area (Å²) in [4.78, 5) is -0.548. The molecule has 2 aromatic rings. The zero-order chi connectivity index (χ0) is 16.6. The molecule has 0 amide bonds. The third-order valence-electron chi connectivity index (χ3n) is 3.84. The molecule has 0 aliphatic heterocycles. The fourth-order valence-corrected chi connectivity index (χ4v) is 4.04. The highest BCUT2D eigenvalue weighted by Crippen LogP contribution is 2.32. The number of rotatable bonds is 3. The van der Waals surface area contributed by atoms with Crippen LogP contribution in [0.3, 0.4) is 0 Å². The predicted molar refractivity (Wildman–Crippen MR) is 80.3 cm³/mol. The van der Waals surface area contributed by atoms with E-state index < -0.39 is 32.9 Å². The molecule has 3 rings (SSSR count). The first-order valence-corrected chi connectivity index (χ1v) is 8.38. The van der Waals surface area contributed by atoms with Crippen molar-refractivity contribution in [3.8, 4) is 6.07 Å². The SMILES string of the molecule is N#Cc1ccc(S(=O)(=O)NC2c3ccccc3CC2O)c(F)c1. The van der Waals surface area contributed by atoms with Crippen molar-refractivity contribution < 1.29 is 17.9 Å². The van der Waals surface area contributed by atoms with E-state index in [0.717, 1.165) is 17.7 Å². The number of benzene rings is 2. The first kappa shape index (κ1) is 15.6. The predicted octanol–water partition coefficient (Wildman–Crippen LogP) is 1.63. The van der Waals surface area contributed by atoms with Crippen LogP contribution in [0.4, 0.5) is 4.39 Å². The number of nitrogens with zero attached hydrogens (tertiary/aromatic N) is 1. The second kappa shape index (κ2) is 5.74. The molecule has 23 heavy (non-hydrogen) atoms. The third-order valence-corrected chi connectivity index (χ3v) is 5.31. The van der Waals surface area contributed by atoms with Crippen molar-refractivity contribution in [1.82, 2.24) is 4.72 Å². The number of hydrogen-bond donors (Lipinski definition) is 2. The molecule has 1 aliphatic carbocycles. The smallest absolute Gasteiger partial charge is 0.244 e. The van der Waals surface area contributed by atoms with Crippen molar-refractivity contribution in [2.75, 3.05) is 0 Å². The van der Waals surface area contributed by atoms with E-state index in [-0.39, 0.29) is 5.56 Å². The maximum absolute atomic E-state index is 14.0. The minimum Gasteiger partial charge on any atom is -0.391 e. The van der Waals surface area contributed by atoms with Crippen LogP contribution in [-0.4, -0.2) is 19.6 Å². The van der Waals surface area contributed by atoms with Gasteiger partial charge in [0.25, 0.3) is 0 Å². The van der Waals surface area contributed by atoms with E-state index in [4.69, 9.17) is 5.26 Å². The van der Waals surface area contributed by atoms with Gasteiger partial charge in [-0.3, -0.25) is 0 Å². The van der Waals surface area contributed by atoms with Crippen molar-refractivity contribution in [3.05, 3.63) is 65.0 Å². The van der Waals surface area contributed by atoms with E-state index in [1.54, 1.807) is 18.2 Å². The molecule has 7 heteroatoms. The van der Waals surface area contributed by atoms with Crippen LogP contribution in [0.2, 0.25) is 0 Å². The summed E-state index contributed by atoms with van der Waals surface area (Å²) < 4.78 is 41.2. The molecular formula is C16H13FN2O3S. The number of fused-ring (bicyclic) bond motifs is 1. The van der Waals surface area contributed by atoms with Crippen LogP contribution in [0, 0.1) is 17.1 Å². The molecule has 2 atom stereocenters. The van der Waals surface area contributed by atoms with E-state index in [1.165, 1.54) is 6.07 Å². The topological polar surface area (TPSA) is 90.2 Å². The summed E-state index contributed by atoms with van der Waals surface area (Å²) in [7, 11) is -4.17. The quantitative estimate of drug-likeness (QED) is 0.894. The van der Waals surface area contributed by atoms with Crippen molar-refractivity contribution >= 4 is 10.0 Å². The summed E-state index contributed by atoms with van der Waals surface area (Å²) in [6.07, 6.45) is -0.581. The maximum atomic E-state index is 14.0. The molecule has 0 radical (unpaired) electrons. The lowest BCUT2D eigenvalue weighted by Crippen LogP contribution is -2.34. The van der Waals surface area contributed by atoms with Gasteiger partial charge in [-0.15, -0.1) is 0 Å². The molecule has 2 unspecified atom stereocenters. The lowest BCUT2D eigenvalue weighted by Gasteiger charge is -2.18. The zero-order valence-corrected chi connectivity index (χ0v) is 12.7. The van der Waals surface area contributed by atoms with Crippen LogP contribution in [-0.2, 0) is 16.4 Å². The Kier molecular flexibility index (Phi) is 3.90. The standard InChI is InChI=1S/C16H13FN2O3S/c17-13-7-10(9-18)5-6-15(13)23(21,22)19-16-12-4-2-1-3-11(12)8-14(16)20/h1-7,14,16,19-20H,8H2. The lowest BCUT2D eigenvalue weighted by molar-refractivity contribution is 0.151. The monoisotopic (exact) mass is 332 g/mol. The number of halogens is 1. The Hall–Kier alpha value is -2.27. The maximum Gasteiger partial charge on any atom is 0.244 e. The fraction of sp³-hybridized carbons (Fsp3) is 0.188. The minimum absolute atomic E-state index is 0.0349. The van der Waals surface area contributed by atoms with Gasteiger partial charge in [0.05, 0.1) is 23.8 Å². The molecule has 2 aromatic carbocycles. The summed E-state index contributed by atoms with van der Waals surface area (Å²) in [5, 5.41) is 18.8. The second-order valence-electron chi connectivity index (χ2n) is 5.33. The number of sulfonamides is 1. The third kappa shape index (κ3) is 2.84. The summed E-state index contributed by atoms with van der Waals surface area (Å²) in [6.45, 7) is 0. The zero-order valence-electron chi connectivity index (χ0n) is 11.9. The van der Waals surface area contributed by atoms with Crippen molar-refractivity contribution in [2.24, 2.45) is 0 Å². The van der Waals surface area contributed by atoms with Crippen LogP contribution in [0.25, 0.3) is 0 Å². The number of aliphatic hydroxyl groups excluding tert-OH is 1. The van der Waals surface area contributed by atoms with Crippen LogP contribution >= 0.6 is 0 Å². The van der Waals surface area contributed by atoms with Crippen LogP contribution in [0.5, 0.6) is 0 Å². The molecule has 0 heterocycles. The molecule has 0 spiro atoms. The molecule has 1 aliphatic rings. The Labute approximate surface area is 133 Å². The Morgan fingerprint density at radius 3 is 2.70 bits per heavy atom. The largest absolute Gasteiger partial charge is 0.391 e. The molecule has 0 bridgehead atoms. The number of hydrogen-bond acceptors (Lipinski definition) is 4. The highest BCUT2D eigenvalue weighted by atomic mass is 32.2. The summed E-state index contributed by atoms with van der Waals surface area (Å²) >= 11 is 0. The summed E-state index contributed by atoms with van der Waals surface area (Å²) in [5.41, 5.74) is 1.57. The van der Waals surface area contributed by atoms with E-state index in [2.05, 4.69) is 4.72 Å². The van der Waals surface area contributed by atoms with Crippen LogP contribution in [0.1, 0.15) is 22.7 Å². The van der Waals surface area contributed by atoms with Gasteiger partial charge in [0, 0.05) is 6.42 Å². The summed E-state index contributed by atoms with van der Waals surface area (Å²) in [6, 6.07) is 11.2. The Bertz CT molecular complexity index is 906. The minimum atomic E-state index is -4.17. The molecule has 2 N–H and O–H groups in total. The van der Waals surface area contributed by atoms with Crippen LogP contribution < -0.4 is 4.72 Å². The molecule has 0 aromatic heterocycles. The van der Waals surface area contributed by atoms with Gasteiger partial charge in [0.15, 0.2) is 0 Å². The molecule has 0 fully saturated rings. The number of nitrogens with one attached hydrogen (secondary N) is 1. The summed E-state index contributed by atoms with van der Waals surface area (Å²) in [5.74, 6) is -1.00. The fourth-order valence-electron chi connectivity index (χ4n) is 2.73. The van der Waals surface area contributed by atoms with Gasteiger partial charge >= 0.3 is 0 Å². The first-order valence-electron chi connectivity index (χ1n) is 6.90. The number of aliphatic hydroxyl groups is 1. The van der Waals surface area contributed by atoms with Gasteiger partial charge in [0.1, 0.15) is 10.7 Å². The Morgan fingerprint density at radius 2 is 2.00 bits per heavy atom. The normalized spacial score (nSPS) is 20.0. The molecule has 118 valence electrons. The van der Waals surface area contributed by atoms with E-state index in [9.17, 15) is 17.9 Å². The molecule has 0 saturated carbocycles. The molecule has 5 nitrogen and oxygen atoms in total. The Morgan fingerprint density at radius 1 is 1.26 bits per heavy atom. The van der Waals surface area contributed by atoms with E-state index in [0.29, 0.717) is 12.0 Å². The molecular weight excluding hydrogens is 319 g/mol. The van der Waals surface area contributed by atoms with Gasteiger partial charge < -0.3 is 5.11 Å². The highest BCUT2D eigenvalue weighted by Gasteiger charge is 2.35. The average Bonchev–Trinajstić information content (AvgIpc) is 2.82. The number of nitriles is 1. The second-order valence-corrected chi connectivity index (χ2v) is 7.01. The van der Waals surface area contributed by atoms with Crippen molar-refractivity contribution in [2.45, 2.75) is 23.5 Å². The van der Waals surface area contributed by atoms with Crippen LogP contribution in [0.15, 0.2) is 47.4 Å².